The smallest absolute Gasteiger partial charge is 0.220 e. The summed E-state index contributed by atoms with van der Waals surface area (Å²) in [7, 11) is 0. The molecule has 1 aromatic carbocycles. The molecule has 2 nitrogen and oxygen atoms in total. The highest BCUT2D eigenvalue weighted by Crippen LogP contribution is 2.14. The monoisotopic (exact) mass is 283 g/mol. The molecule has 106 valence electrons. The molecule has 0 saturated carbocycles. The quantitative estimate of drug-likeness (QED) is 0.738. The summed E-state index contributed by atoms with van der Waals surface area (Å²) in [6.07, 6.45) is 1.52. The largest absolute Gasteiger partial charge is 0.355 e. The van der Waals surface area contributed by atoms with Crippen LogP contribution in [-0.4, -0.2) is 18.2 Å². The molecule has 19 heavy (non-hydrogen) atoms. The summed E-state index contributed by atoms with van der Waals surface area (Å²) in [5.74, 6) is 1.97. The van der Waals surface area contributed by atoms with Gasteiger partial charge in [0.25, 0.3) is 0 Å². The van der Waals surface area contributed by atoms with Gasteiger partial charge in [-0.1, -0.05) is 32.0 Å². The third-order valence-electron chi connectivity index (χ3n) is 2.73. The molecule has 0 aliphatic heterocycles. The summed E-state index contributed by atoms with van der Waals surface area (Å²) in [5.41, 5.74) is 0.721. The molecule has 1 amide bonds. The van der Waals surface area contributed by atoms with E-state index in [1.807, 2.05) is 6.07 Å². The predicted molar refractivity (Wildman–Crippen MR) is 79.6 cm³/mol. The number of benzene rings is 1. The van der Waals surface area contributed by atoms with Crippen LogP contribution in [0.15, 0.2) is 24.3 Å². The molecule has 0 bridgehead atoms. The Labute approximate surface area is 119 Å². The Kier molecular flexibility index (Phi) is 7.56. The molecule has 0 spiro atoms. The van der Waals surface area contributed by atoms with Crippen LogP contribution in [0.2, 0.25) is 0 Å². The fraction of sp³-hybridized carbons (Fsp3) is 0.533. The van der Waals surface area contributed by atoms with E-state index in [1.54, 1.807) is 23.9 Å². The van der Waals surface area contributed by atoms with E-state index in [2.05, 4.69) is 19.2 Å². The minimum absolute atomic E-state index is 0.111. The van der Waals surface area contributed by atoms with Crippen LogP contribution < -0.4 is 5.32 Å². The molecular weight excluding hydrogens is 261 g/mol. The minimum Gasteiger partial charge on any atom is -0.355 e. The van der Waals surface area contributed by atoms with Gasteiger partial charge in [0.2, 0.25) is 5.91 Å². The first-order valence-corrected chi connectivity index (χ1v) is 7.83. The summed E-state index contributed by atoms with van der Waals surface area (Å²) in [4.78, 5) is 11.5. The van der Waals surface area contributed by atoms with Crippen LogP contribution in [-0.2, 0) is 10.5 Å². The van der Waals surface area contributed by atoms with E-state index in [4.69, 9.17) is 0 Å². The topological polar surface area (TPSA) is 29.1 Å². The van der Waals surface area contributed by atoms with Crippen molar-refractivity contribution in [2.45, 2.75) is 32.4 Å². The van der Waals surface area contributed by atoms with Gasteiger partial charge < -0.3 is 5.32 Å². The Morgan fingerprint density at radius 1 is 1.37 bits per heavy atom. The highest BCUT2D eigenvalue weighted by molar-refractivity contribution is 7.98. The van der Waals surface area contributed by atoms with E-state index >= 15 is 0 Å². The number of thioether (sulfide) groups is 1. The average molecular weight is 283 g/mol. The van der Waals surface area contributed by atoms with Crippen molar-refractivity contribution in [2.24, 2.45) is 5.92 Å². The van der Waals surface area contributed by atoms with E-state index in [0.29, 0.717) is 24.6 Å². The zero-order valence-corrected chi connectivity index (χ0v) is 12.4. The molecule has 0 unspecified atom stereocenters. The van der Waals surface area contributed by atoms with Crippen molar-refractivity contribution in [3.63, 3.8) is 0 Å². The summed E-state index contributed by atoms with van der Waals surface area (Å²) in [6, 6.07) is 6.80. The normalized spacial score (nSPS) is 10.7. The van der Waals surface area contributed by atoms with E-state index in [-0.39, 0.29) is 11.7 Å². The maximum atomic E-state index is 13.3. The van der Waals surface area contributed by atoms with Crippen LogP contribution in [0, 0.1) is 11.7 Å². The number of rotatable bonds is 8. The Bertz CT molecular complexity index is 395. The molecule has 0 fully saturated rings. The van der Waals surface area contributed by atoms with E-state index in [1.165, 1.54) is 6.07 Å². The van der Waals surface area contributed by atoms with Crippen LogP contribution in [0.1, 0.15) is 32.3 Å². The van der Waals surface area contributed by atoms with Gasteiger partial charge in [-0.2, -0.15) is 11.8 Å². The van der Waals surface area contributed by atoms with Crippen molar-refractivity contribution in [1.29, 1.82) is 0 Å². The molecule has 4 heteroatoms. The summed E-state index contributed by atoms with van der Waals surface area (Å²) < 4.78 is 13.3. The van der Waals surface area contributed by atoms with Gasteiger partial charge in [-0.3, -0.25) is 4.79 Å². The Morgan fingerprint density at radius 2 is 2.11 bits per heavy atom. The minimum atomic E-state index is -0.157. The van der Waals surface area contributed by atoms with E-state index < -0.39 is 0 Å². The second-order valence-corrected chi connectivity index (χ2v) is 6.03. The molecular formula is C15H22FNOS. The molecule has 1 aromatic rings. The van der Waals surface area contributed by atoms with Crippen LogP contribution in [0.5, 0.6) is 0 Å². The number of amides is 1. The zero-order valence-electron chi connectivity index (χ0n) is 11.6. The van der Waals surface area contributed by atoms with Gasteiger partial charge in [0.15, 0.2) is 0 Å². The number of carbonyl (C=O) groups excluding carboxylic acids is 1. The van der Waals surface area contributed by atoms with Crippen molar-refractivity contribution < 1.29 is 9.18 Å². The first kappa shape index (κ1) is 16.0. The number of hydrogen-bond acceptors (Lipinski definition) is 2. The van der Waals surface area contributed by atoms with Crippen molar-refractivity contribution in [1.82, 2.24) is 5.32 Å². The van der Waals surface area contributed by atoms with Crippen molar-refractivity contribution >= 4 is 17.7 Å². The summed E-state index contributed by atoms with van der Waals surface area (Å²) in [5, 5.41) is 2.89. The number of halogens is 1. The second-order valence-electron chi connectivity index (χ2n) is 4.93. The molecule has 0 aromatic heterocycles. The zero-order chi connectivity index (χ0) is 14.1. The fourth-order valence-corrected chi connectivity index (χ4v) is 2.41. The van der Waals surface area contributed by atoms with Gasteiger partial charge in [0.1, 0.15) is 5.82 Å². The third-order valence-corrected chi connectivity index (χ3v) is 3.74. The molecule has 1 N–H and O–H groups in total. The highest BCUT2D eigenvalue weighted by atomic mass is 32.2. The van der Waals surface area contributed by atoms with Gasteiger partial charge in [0.05, 0.1) is 0 Å². The second kappa shape index (κ2) is 8.97. The van der Waals surface area contributed by atoms with Crippen LogP contribution in [0.3, 0.4) is 0 Å². The van der Waals surface area contributed by atoms with E-state index in [0.717, 1.165) is 17.7 Å². The van der Waals surface area contributed by atoms with Crippen LogP contribution in [0.25, 0.3) is 0 Å². The SMILES string of the molecule is CC(C)CCC(=O)NCCSCc1ccccc1F. The summed E-state index contributed by atoms with van der Waals surface area (Å²) in [6.45, 7) is 4.87. The molecule has 0 atom stereocenters. The molecule has 0 aliphatic rings. The Morgan fingerprint density at radius 3 is 2.79 bits per heavy atom. The van der Waals surface area contributed by atoms with Gasteiger partial charge in [0, 0.05) is 24.5 Å². The van der Waals surface area contributed by atoms with Crippen LogP contribution >= 0.6 is 11.8 Å². The van der Waals surface area contributed by atoms with Gasteiger partial charge >= 0.3 is 0 Å². The fourth-order valence-electron chi connectivity index (χ4n) is 1.57. The van der Waals surface area contributed by atoms with Crippen LogP contribution in [0.4, 0.5) is 4.39 Å². The molecule has 0 aliphatic carbocycles. The highest BCUT2D eigenvalue weighted by Gasteiger charge is 2.03. The number of hydrogen-bond donors (Lipinski definition) is 1. The molecule has 0 saturated heterocycles. The Balaban J connectivity index is 2.08. The molecule has 1 rings (SSSR count). The maximum Gasteiger partial charge on any atom is 0.220 e. The lowest BCUT2D eigenvalue weighted by atomic mass is 10.1. The van der Waals surface area contributed by atoms with Crippen molar-refractivity contribution in [3.05, 3.63) is 35.6 Å². The third kappa shape index (κ3) is 7.21. The first-order valence-electron chi connectivity index (χ1n) is 6.67. The first-order chi connectivity index (χ1) is 9.09. The average Bonchev–Trinajstić information content (AvgIpc) is 2.38. The van der Waals surface area contributed by atoms with Crippen molar-refractivity contribution in [2.75, 3.05) is 12.3 Å². The molecule has 0 heterocycles. The molecule has 0 radical (unpaired) electrons. The lowest BCUT2D eigenvalue weighted by Gasteiger charge is -2.07. The number of carbonyl (C=O) groups is 1. The standard InChI is InChI=1S/C15H22FNOS/c1-12(2)7-8-15(18)17-9-10-19-11-13-5-3-4-6-14(13)16/h3-6,12H,7-11H2,1-2H3,(H,17,18). The van der Waals surface area contributed by atoms with Gasteiger partial charge in [-0.15, -0.1) is 0 Å². The lowest BCUT2D eigenvalue weighted by molar-refractivity contribution is -0.121. The Hall–Kier alpha value is -1.03. The predicted octanol–water partition coefficient (Wildman–Crippen LogP) is 3.61. The lowest BCUT2D eigenvalue weighted by Crippen LogP contribution is -2.25. The van der Waals surface area contributed by atoms with Gasteiger partial charge in [-0.25, -0.2) is 4.39 Å². The van der Waals surface area contributed by atoms with Gasteiger partial charge in [-0.05, 0) is 24.0 Å². The van der Waals surface area contributed by atoms with E-state index in [9.17, 15) is 9.18 Å². The number of nitrogens with one attached hydrogen (secondary N) is 1. The summed E-state index contributed by atoms with van der Waals surface area (Å²) >= 11 is 1.63. The van der Waals surface area contributed by atoms with Crippen molar-refractivity contribution in [3.8, 4) is 0 Å². The maximum absolute atomic E-state index is 13.3.